The van der Waals surface area contributed by atoms with Crippen LogP contribution in [0, 0.1) is 5.82 Å². The first-order chi connectivity index (χ1) is 8.84. The number of benzene rings is 1. The third-order valence-corrected chi connectivity index (χ3v) is 2.94. The minimum Gasteiger partial charge on any atom is -0.368 e. The summed E-state index contributed by atoms with van der Waals surface area (Å²) >= 11 is 0.875. The SMILES string of the molecule is Nc1nc(Sc2cccc(F)c2)cc(C(F)(F)F)n1. The highest BCUT2D eigenvalue weighted by Crippen LogP contribution is 2.32. The first-order valence-electron chi connectivity index (χ1n) is 5.00. The second-order valence-corrected chi connectivity index (χ2v) is 4.60. The van der Waals surface area contributed by atoms with Crippen LogP contribution in [0.25, 0.3) is 0 Å². The summed E-state index contributed by atoms with van der Waals surface area (Å²) in [6.45, 7) is 0. The third kappa shape index (κ3) is 3.57. The van der Waals surface area contributed by atoms with Gasteiger partial charge in [-0.2, -0.15) is 13.2 Å². The van der Waals surface area contributed by atoms with Gasteiger partial charge in [-0.25, -0.2) is 14.4 Å². The highest BCUT2D eigenvalue weighted by atomic mass is 32.2. The molecule has 2 aromatic rings. The standard InChI is InChI=1S/C11H7F4N3S/c12-6-2-1-3-7(4-6)19-9-5-8(11(13,14)15)17-10(16)18-9/h1-5H,(H2,16,17,18). The predicted molar refractivity (Wildman–Crippen MR) is 62.0 cm³/mol. The van der Waals surface area contributed by atoms with Crippen LogP contribution in [0.3, 0.4) is 0 Å². The smallest absolute Gasteiger partial charge is 0.368 e. The summed E-state index contributed by atoms with van der Waals surface area (Å²) in [6.07, 6.45) is -4.60. The summed E-state index contributed by atoms with van der Waals surface area (Å²) in [5, 5.41) is 0.00502. The lowest BCUT2D eigenvalue weighted by atomic mass is 10.3. The lowest BCUT2D eigenvalue weighted by Gasteiger charge is -2.08. The number of rotatable bonds is 2. The maximum Gasteiger partial charge on any atom is 0.433 e. The Morgan fingerprint density at radius 3 is 2.47 bits per heavy atom. The van der Waals surface area contributed by atoms with Crippen LogP contribution >= 0.6 is 11.8 Å². The van der Waals surface area contributed by atoms with E-state index >= 15 is 0 Å². The van der Waals surface area contributed by atoms with Crippen molar-refractivity contribution in [3.63, 3.8) is 0 Å². The minimum atomic E-state index is -4.60. The fraction of sp³-hybridized carbons (Fsp3) is 0.0909. The average Bonchev–Trinajstić information content (AvgIpc) is 2.26. The quantitative estimate of drug-likeness (QED) is 0.680. The van der Waals surface area contributed by atoms with Gasteiger partial charge in [0.15, 0.2) is 5.69 Å². The van der Waals surface area contributed by atoms with Gasteiger partial charge >= 0.3 is 6.18 Å². The van der Waals surface area contributed by atoms with Crippen molar-refractivity contribution in [2.45, 2.75) is 16.1 Å². The van der Waals surface area contributed by atoms with Gasteiger partial charge in [0, 0.05) is 11.0 Å². The lowest BCUT2D eigenvalue weighted by molar-refractivity contribution is -0.141. The molecule has 3 nitrogen and oxygen atoms in total. The lowest BCUT2D eigenvalue weighted by Crippen LogP contribution is -2.11. The molecule has 0 fully saturated rings. The van der Waals surface area contributed by atoms with E-state index in [4.69, 9.17) is 5.73 Å². The van der Waals surface area contributed by atoms with Crippen LogP contribution in [0.2, 0.25) is 0 Å². The van der Waals surface area contributed by atoms with E-state index in [1.54, 1.807) is 6.07 Å². The molecule has 0 saturated heterocycles. The predicted octanol–water partition coefficient (Wildman–Crippen LogP) is 3.37. The van der Waals surface area contributed by atoms with Crippen molar-refractivity contribution >= 4 is 17.7 Å². The van der Waals surface area contributed by atoms with Gasteiger partial charge in [0.25, 0.3) is 0 Å². The molecule has 0 unspecified atom stereocenters. The summed E-state index contributed by atoms with van der Waals surface area (Å²) in [5.74, 6) is -0.961. The third-order valence-electron chi connectivity index (χ3n) is 2.03. The Bertz CT molecular complexity index is 601. The number of aromatic nitrogens is 2. The molecule has 100 valence electrons. The number of anilines is 1. The van der Waals surface area contributed by atoms with E-state index in [9.17, 15) is 17.6 Å². The van der Waals surface area contributed by atoms with Gasteiger partial charge in [0.05, 0.1) is 0 Å². The largest absolute Gasteiger partial charge is 0.433 e. The number of hydrogen-bond acceptors (Lipinski definition) is 4. The molecule has 0 bridgehead atoms. The van der Waals surface area contributed by atoms with E-state index in [1.165, 1.54) is 18.2 Å². The molecule has 8 heteroatoms. The van der Waals surface area contributed by atoms with Gasteiger partial charge in [0.1, 0.15) is 10.8 Å². The van der Waals surface area contributed by atoms with Gasteiger partial charge in [-0.15, -0.1) is 0 Å². The second-order valence-electron chi connectivity index (χ2n) is 3.51. The second kappa shape index (κ2) is 5.04. The molecule has 0 aliphatic heterocycles. The topological polar surface area (TPSA) is 51.8 Å². The van der Waals surface area contributed by atoms with E-state index in [0.29, 0.717) is 4.90 Å². The number of nitrogens with two attached hydrogens (primary N) is 1. The van der Waals surface area contributed by atoms with E-state index in [0.717, 1.165) is 17.8 Å². The van der Waals surface area contributed by atoms with Crippen LogP contribution in [0.15, 0.2) is 40.3 Å². The van der Waals surface area contributed by atoms with E-state index in [-0.39, 0.29) is 5.03 Å². The summed E-state index contributed by atoms with van der Waals surface area (Å²) < 4.78 is 50.6. The fourth-order valence-electron chi connectivity index (χ4n) is 1.29. The first-order valence-corrected chi connectivity index (χ1v) is 5.81. The fourth-order valence-corrected chi connectivity index (χ4v) is 2.16. The summed E-state index contributed by atoms with van der Waals surface area (Å²) in [6, 6.07) is 6.20. The number of halogens is 4. The molecule has 0 atom stereocenters. The van der Waals surface area contributed by atoms with Crippen LogP contribution < -0.4 is 5.73 Å². The van der Waals surface area contributed by atoms with Crippen molar-refractivity contribution in [3.8, 4) is 0 Å². The molecule has 2 N–H and O–H groups in total. The van der Waals surface area contributed by atoms with Crippen molar-refractivity contribution in [2.24, 2.45) is 0 Å². The molecular formula is C11H7F4N3S. The zero-order chi connectivity index (χ0) is 14.0. The van der Waals surface area contributed by atoms with Crippen molar-refractivity contribution in [1.29, 1.82) is 0 Å². The molecule has 1 aromatic heterocycles. The maximum absolute atomic E-state index is 13.0. The highest BCUT2D eigenvalue weighted by Gasteiger charge is 2.33. The van der Waals surface area contributed by atoms with Gasteiger partial charge in [-0.05, 0) is 18.2 Å². The van der Waals surface area contributed by atoms with E-state index in [2.05, 4.69) is 9.97 Å². The Kier molecular flexibility index (Phi) is 3.61. The van der Waals surface area contributed by atoms with Gasteiger partial charge in [0.2, 0.25) is 5.95 Å². The van der Waals surface area contributed by atoms with E-state index in [1.807, 2.05) is 0 Å². The number of hydrogen-bond donors (Lipinski definition) is 1. The Hall–Kier alpha value is -1.83. The van der Waals surface area contributed by atoms with E-state index < -0.39 is 23.6 Å². The molecule has 1 heterocycles. The Morgan fingerprint density at radius 1 is 1.11 bits per heavy atom. The zero-order valence-corrected chi connectivity index (χ0v) is 10.1. The Morgan fingerprint density at radius 2 is 1.84 bits per heavy atom. The monoisotopic (exact) mass is 289 g/mol. The highest BCUT2D eigenvalue weighted by molar-refractivity contribution is 7.99. The molecule has 0 aliphatic rings. The van der Waals surface area contributed by atoms with Gasteiger partial charge in [-0.1, -0.05) is 17.8 Å². The van der Waals surface area contributed by atoms with Crippen LogP contribution in [0.5, 0.6) is 0 Å². The van der Waals surface area contributed by atoms with Crippen molar-refractivity contribution < 1.29 is 17.6 Å². The number of nitrogens with zero attached hydrogens (tertiary/aromatic N) is 2. The summed E-state index contributed by atoms with van der Waals surface area (Å²) in [7, 11) is 0. The summed E-state index contributed by atoms with van der Waals surface area (Å²) in [4.78, 5) is 7.22. The van der Waals surface area contributed by atoms with Crippen molar-refractivity contribution in [1.82, 2.24) is 9.97 Å². The molecule has 0 spiro atoms. The van der Waals surface area contributed by atoms with Crippen LogP contribution in [0.4, 0.5) is 23.5 Å². The molecule has 0 radical (unpaired) electrons. The average molecular weight is 289 g/mol. The zero-order valence-electron chi connectivity index (χ0n) is 9.28. The number of alkyl halides is 3. The maximum atomic E-state index is 13.0. The van der Waals surface area contributed by atoms with Crippen LogP contribution in [-0.4, -0.2) is 9.97 Å². The molecule has 19 heavy (non-hydrogen) atoms. The Labute approximate surface area is 109 Å². The molecule has 0 saturated carbocycles. The molecule has 0 amide bonds. The molecular weight excluding hydrogens is 282 g/mol. The number of nitrogen functional groups attached to an aromatic ring is 1. The normalized spacial score (nSPS) is 11.6. The van der Waals surface area contributed by atoms with Gasteiger partial charge < -0.3 is 5.73 Å². The first kappa shape index (κ1) is 13.6. The van der Waals surface area contributed by atoms with Crippen LogP contribution in [0.1, 0.15) is 5.69 Å². The van der Waals surface area contributed by atoms with Crippen molar-refractivity contribution in [2.75, 3.05) is 5.73 Å². The summed E-state index contributed by atoms with van der Waals surface area (Å²) in [5.41, 5.74) is 4.10. The van der Waals surface area contributed by atoms with Crippen LogP contribution in [-0.2, 0) is 6.18 Å². The van der Waals surface area contributed by atoms with Gasteiger partial charge in [-0.3, -0.25) is 0 Å². The van der Waals surface area contributed by atoms with Crippen molar-refractivity contribution in [3.05, 3.63) is 41.8 Å². The Balaban J connectivity index is 2.33. The molecule has 1 aromatic carbocycles. The molecule has 0 aliphatic carbocycles. The molecule has 2 rings (SSSR count). The minimum absolute atomic E-state index is 0.00502.